The van der Waals surface area contributed by atoms with E-state index in [1.807, 2.05) is 0 Å². The lowest BCUT2D eigenvalue weighted by Crippen LogP contribution is -2.33. The quantitative estimate of drug-likeness (QED) is 0.300. The molecule has 7 N–H and O–H groups in total. The number of aromatic nitrogens is 3. The molecule has 12 heteroatoms. The lowest BCUT2D eigenvalue weighted by atomic mass is 10.1. The summed E-state index contributed by atoms with van der Waals surface area (Å²) in [4.78, 5) is 21.4. The molecular formula is C14H18N4O7P+. The van der Waals surface area contributed by atoms with Crippen LogP contribution in [0.1, 0.15) is 10.4 Å². The molecule has 0 aliphatic carbocycles. The lowest BCUT2D eigenvalue weighted by Gasteiger charge is -2.09. The molecule has 3 heterocycles. The smallest absolute Gasteiger partial charge is 0.394 e. The van der Waals surface area contributed by atoms with Crippen LogP contribution >= 0.6 is 7.80 Å². The Labute approximate surface area is 148 Å². The van der Waals surface area contributed by atoms with Gasteiger partial charge in [0.1, 0.15) is 18.3 Å². The first-order chi connectivity index (χ1) is 12.3. The van der Waals surface area contributed by atoms with E-state index in [4.69, 9.17) is 26.2 Å². The van der Waals surface area contributed by atoms with Gasteiger partial charge < -0.3 is 35.9 Å². The molecule has 3 rings (SSSR count). The Kier molecular flexibility index (Phi) is 6.86. The molecule has 5 atom stereocenters. The summed E-state index contributed by atoms with van der Waals surface area (Å²) in [5.41, 5.74) is 5.68. The van der Waals surface area contributed by atoms with Crippen LogP contribution in [0.3, 0.4) is 0 Å². The maximum atomic E-state index is 11.9. The van der Waals surface area contributed by atoms with Crippen molar-refractivity contribution in [3.05, 3.63) is 36.4 Å². The van der Waals surface area contributed by atoms with Crippen molar-refractivity contribution in [1.82, 2.24) is 15.0 Å². The third kappa shape index (κ3) is 4.67. The molecule has 1 amide bonds. The molecular weight excluding hydrogens is 367 g/mol. The molecule has 1 aliphatic rings. The highest BCUT2D eigenvalue weighted by Crippen LogP contribution is 2.18. The minimum absolute atomic E-state index is 0.229. The predicted octanol–water partition coefficient (Wildman–Crippen LogP) is -2.90. The van der Waals surface area contributed by atoms with E-state index in [1.54, 1.807) is 6.20 Å². The van der Waals surface area contributed by atoms with Gasteiger partial charge in [-0.1, -0.05) is 4.57 Å². The van der Waals surface area contributed by atoms with Gasteiger partial charge in [-0.15, -0.1) is 0 Å². The summed E-state index contributed by atoms with van der Waals surface area (Å²) in [6, 6.07) is 1.45. The van der Waals surface area contributed by atoms with Crippen molar-refractivity contribution in [2.75, 3.05) is 6.61 Å². The van der Waals surface area contributed by atoms with Gasteiger partial charge in [-0.05, 0) is 0 Å². The van der Waals surface area contributed by atoms with Gasteiger partial charge in [-0.25, -0.2) is 0 Å². The van der Waals surface area contributed by atoms with Crippen molar-refractivity contribution in [3.63, 3.8) is 0 Å². The number of carbonyl (C=O) groups is 1. The maximum Gasteiger partial charge on any atom is 0.456 e. The highest BCUT2D eigenvalue weighted by atomic mass is 31.1. The summed E-state index contributed by atoms with van der Waals surface area (Å²) in [6.45, 7) is -0.407. The van der Waals surface area contributed by atoms with Crippen LogP contribution in [0.2, 0.25) is 0 Å². The Morgan fingerprint density at radius 2 is 2.04 bits per heavy atom. The fraction of sp³-hybridized carbons (Fsp3) is 0.357. The Balaban J connectivity index is 0.000000209. The number of primary amides is 1. The third-order valence-corrected chi connectivity index (χ3v) is 4.78. The van der Waals surface area contributed by atoms with E-state index >= 15 is 0 Å². The number of pyridine rings is 1. The zero-order valence-corrected chi connectivity index (χ0v) is 14.2. The number of imidazole rings is 1. The van der Waals surface area contributed by atoms with Crippen LogP contribution in [0.15, 0.2) is 30.9 Å². The zero-order chi connectivity index (χ0) is 19.3. The summed E-state index contributed by atoms with van der Waals surface area (Å²) in [5.74, 6) is -0.600. The molecule has 0 radical (unpaired) electrons. The highest BCUT2D eigenvalue weighted by Gasteiger charge is 2.41. The Bertz CT molecular complexity index is 758. The number of hydrogen-bond acceptors (Lipinski definition) is 9. The van der Waals surface area contributed by atoms with E-state index in [-0.39, 0.29) is 5.56 Å². The number of ether oxygens (including phenoxy) is 1. The fourth-order valence-corrected chi connectivity index (χ4v) is 3.08. The molecule has 0 aromatic carbocycles. The summed E-state index contributed by atoms with van der Waals surface area (Å²) < 4.78 is 16.5. The number of rotatable bonds is 4. The molecule has 0 saturated carbocycles. The van der Waals surface area contributed by atoms with Crippen LogP contribution in [0.5, 0.6) is 0 Å². The summed E-state index contributed by atoms with van der Waals surface area (Å²) in [7, 11) is -1.86. The molecule has 11 nitrogen and oxygen atoms in total. The second-order valence-electron chi connectivity index (χ2n) is 5.23. The Morgan fingerprint density at radius 3 is 2.50 bits per heavy atom. The number of aliphatic hydroxyl groups excluding tert-OH is 4. The number of H-pyrrole nitrogens is 1. The average molecular weight is 385 g/mol. The van der Waals surface area contributed by atoms with Crippen LogP contribution in [0.25, 0.3) is 0 Å². The fourth-order valence-electron chi connectivity index (χ4n) is 2.04. The zero-order valence-electron chi connectivity index (χ0n) is 13.3. The largest absolute Gasteiger partial charge is 0.456 e. The first-order valence-electron chi connectivity index (χ1n) is 7.37. The van der Waals surface area contributed by atoms with Crippen LogP contribution < -0.4 is 16.6 Å². The van der Waals surface area contributed by atoms with Gasteiger partial charge in [-0.2, -0.15) is 4.98 Å². The average Bonchev–Trinajstić information content (AvgIpc) is 3.26. The van der Waals surface area contributed by atoms with Gasteiger partial charge in [0.15, 0.2) is 6.29 Å². The van der Waals surface area contributed by atoms with Gasteiger partial charge in [-0.3, -0.25) is 9.78 Å². The molecule has 2 aromatic rings. The number of aliphatic hydroxyl groups is 4. The first-order valence-corrected chi connectivity index (χ1v) is 8.63. The standard InChI is InChI=1S/C9H7N4O2P.C5H10O5/c10-8(14)6-3-7(5-11-4-6)16(15)9-12-1-2-13-9;6-1-2-3(7)4(8)5(9)10-2/h1-5H,(H2-,10,12,13,14,15);2-9H,1H2/p+1/t;2-,3-,4-,5?/m.1/s1. The van der Waals surface area contributed by atoms with E-state index in [0.717, 1.165) is 0 Å². The molecule has 0 spiro atoms. The minimum Gasteiger partial charge on any atom is -0.394 e. The molecule has 2 aromatic heterocycles. The van der Waals surface area contributed by atoms with E-state index in [0.29, 0.717) is 10.9 Å². The molecule has 2 unspecified atom stereocenters. The van der Waals surface area contributed by atoms with Crippen LogP contribution in [-0.4, -0.2) is 72.5 Å². The first kappa shape index (κ1) is 20.0. The van der Waals surface area contributed by atoms with Gasteiger partial charge in [0.25, 0.3) is 0 Å². The highest BCUT2D eigenvalue weighted by molar-refractivity contribution is 7.60. The van der Waals surface area contributed by atoms with E-state index in [2.05, 4.69) is 19.7 Å². The summed E-state index contributed by atoms with van der Waals surface area (Å²) in [6.07, 6.45) is 1.08. The van der Waals surface area contributed by atoms with Crippen molar-refractivity contribution in [3.8, 4) is 0 Å². The molecule has 26 heavy (non-hydrogen) atoms. The topological polar surface area (TPSA) is 192 Å². The van der Waals surface area contributed by atoms with Crippen molar-refractivity contribution < 1.29 is 34.5 Å². The predicted molar refractivity (Wildman–Crippen MR) is 88.2 cm³/mol. The molecule has 1 fully saturated rings. The Hall–Kier alpha value is -2.27. The van der Waals surface area contributed by atoms with Gasteiger partial charge >= 0.3 is 13.4 Å². The van der Waals surface area contributed by atoms with Gasteiger partial charge in [0.05, 0.1) is 18.4 Å². The van der Waals surface area contributed by atoms with Gasteiger partial charge in [0, 0.05) is 24.7 Å². The lowest BCUT2D eigenvalue weighted by molar-refractivity contribution is -0.132. The third-order valence-electron chi connectivity index (χ3n) is 3.44. The van der Waals surface area contributed by atoms with E-state index < -0.39 is 44.9 Å². The van der Waals surface area contributed by atoms with E-state index in [9.17, 15) is 9.36 Å². The van der Waals surface area contributed by atoms with Crippen molar-refractivity contribution >= 4 is 24.6 Å². The number of aromatic amines is 1. The second-order valence-corrected chi connectivity index (χ2v) is 6.76. The van der Waals surface area contributed by atoms with Crippen LogP contribution in [0, 0.1) is 0 Å². The van der Waals surface area contributed by atoms with Crippen molar-refractivity contribution in [2.24, 2.45) is 5.73 Å². The monoisotopic (exact) mass is 385 g/mol. The normalized spacial score (nSPS) is 25.3. The summed E-state index contributed by atoms with van der Waals surface area (Å²) in [5, 5.41) is 35.4. The van der Waals surface area contributed by atoms with Gasteiger partial charge in [0.2, 0.25) is 11.2 Å². The number of nitrogens with one attached hydrogen (secondary N) is 1. The number of nitrogens with zero attached hydrogens (tertiary/aromatic N) is 2. The molecule has 0 bridgehead atoms. The maximum absolute atomic E-state index is 11.9. The molecule has 140 valence electrons. The van der Waals surface area contributed by atoms with Crippen molar-refractivity contribution in [2.45, 2.75) is 24.6 Å². The number of carbonyl (C=O) groups excluding carboxylic acids is 1. The number of hydrogen-bond donors (Lipinski definition) is 6. The number of amides is 1. The van der Waals surface area contributed by atoms with Crippen LogP contribution in [-0.2, 0) is 9.30 Å². The minimum atomic E-state index is -1.86. The molecule has 1 aliphatic heterocycles. The Morgan fingerprint density at radius 1 is 1.31 bits per heavy atom. The summed E-state index contributed by atoms with van der Waals surface area (Å²) >= 11 is 0. The second kappa shape index (κ2) is 8.90. The number of nitrogens with two attached hydrogens (primary N) is 1. The van der Waals surface area contributed by atoms with Crippen LogP contribution in [0.4, 0.5) is 0 Å². The molecule has 1 saturated heterocycles. The SMILES string of the molecule is NC(=O)c1cncc([P+](=O)c2ncc[nH]2)c1.OC[C@H]1OC(O)[C@H](O)[C@@H]1O. The van der Waals surface area contributed by atoms with E-state index in [1.165, 1.54) is 24.7 Å². The van der Waals surface area contributed by atoms with Crippen molar-refractivity contribution in [1.29, 1.82) is 0 Å².